The molecule has 0 amide bonds. The predicted molar refractivity (Wildman–Crippen MR) is 64.7 cm³/mol. The van der Waals surface area contributed by atoms with Gasteiger partial charge in [-0.2, -0.15) is 0 Å². The fourth-order valence-electron chi connectivity index (χ4n) is 1.46. The number of nitrogens with zero attached hydrogens (tertiary/aromatic N) is 2. The number of nitrogens with one attached hydrogen (secondary N) is 1. The van der Waals surface area contributed by atoms with Crippen molar-refractivity contribution < 1.29 is 0 Å². The molecular weight excluding hydrogens is 202 g/mol. The molecule has 0 fully saturated rings. The van der Waals surface area contributed by atoms with Gasteiger partial charge in [0.05, 0.1) is 11.4 Å². The summed E-state index contributed by atoms with van der Waals surface area (Å²) in [4.78, 5) is 4.15. The molecule has 5 nitrogen and oxygen atoms in total. The maximum absolute atomic E-state index is 5.88. The molecule has 0 atom stereocenters. The van der Waals surface area contributed by atoms with Gasteiger partial charge in [-0.05, 0) is 0 Å². The molecule has 0 aliphatic heterocycles. The van der Waals surface area contributed by atoms with Gasteiger partial charge in [0.2, 0.25) is 0 Å². The van der Waals surface area contributed by atoms with Gasteiger partial charge >= 0.3 is 0 Å². The van der Waals surface area contributed by atoms with Gasteiger partial charge in [-0.25, -0.2) is 4.98 Å². The van der Waals surface area contributed by atoms with E-state index in [1.54, 1.807) is 6.20 Å². The molecule has 0 saturated heterocycles. The highest BCUT2D eigenvalue weighted by molar-refractivity contribution is 5.69. The van der Waals surface area contributed by atoms with E-state index in [1.807, 2.05) is 22.9 Å². The predicted octanol–water partition coefficient (Wildman–Crippen LogP) is 0.638. The molecule has 2 aromatic rings. The summed E-state index contributed by atoms with van der Waals surface area (Å²) in [7, 11) is 0. The van der Waals surface area contributed by atoms with E-state index in [-0.39, 0.29) is 0 Å². The van der Waals surface area contributed by atoms with Crippen LogP contribution in [0, 0.1) is 12.0 Å². The minimum atomic E-state index is 0.680. The van der Waals surface area contributed by atoms with Crippen molar-refractivity contribution in [2.75, 3.05) is 17.6 Å². The lowest BCUT2D eigenvalue weighted by Crippen LogP contribution is -2.05. The number of hydrogen-bond donors (Lipinski definition) is 3. The van der Waals surface area contributed by atoms with Gasteiger partial charge in [0.1, 0.15) is 5.65 Å². The highest BCUT2D eigenvalue weighted by atomic mass is 15.0. The molecule has 2 aromatic heterocycles. The first-order valence-corrected chi connectivity index (χ1v) is 4.96. The summed E-state index contributed by atoms with van der Waals surface area (Å²) in [6.07, 6.45) is 6.21. The Kier molecular flexibility index (Phi) is 2.83. The molecule has 0 spiro atoms. The summed E-state index contributed by atoms with van der Waals surface area (Å²) < 4.78 is 1.91. The van der Waals surface area contributed by atoms with Crippen molar-refractivity contribution in [1.82, 2.24) is 9.38 Å². The number of pyridine rings is 1. The zero-order valence-electron chi connectivity index (χ0n) is 8.77. The topological polar surface area (TPSA) is 81.4 Å². The molecule has 0 unspecified atom stereocenters. The van der Waals surface area contributed by atoms with Gasteiger partial charge in [-0.15, -0.1) is 0 Å². The van der Waals surface area contributed by atoms with Crippen molar-refractivity contribution in [3.05, 3.63) is 24.7 Å². The Morgan fingerprint density at radius 1 is 1.50 bits per heavy atom. The van der Waals surface area contributed by atoms with Crippen molar-refractivity contribution in [1.29, 1.82) is 0 Å². The molecule has 0 aromatic carbocycles. The van der Waals surface area contributed by atoms with E-state index in [0.29, 0.717) is 18.7 Å². The molecular formula is C11H13N5. The number of nitrogen functional groups attached to an aromatic ring is 1. The van der Waals surface area contributed by atoms with E-state index in [2.05, 4.69) is 22.3 Å². The maximum atomic E-state index is 5.88. The van der Waals surface area contributed by atoms with Crippen LogP contribution in [0.15, 0.2) is 24.7 Å². The highest BCUT2D eigenvalue weighted by Gasteiger charge is 2.01. The molecule has 0 aliphatic rings. The van der Waals surface area contributed by atoms with Gasteiger partial charge in [0.25, 0.3) is 0 Å². The van der Waals surface area contributed by atoms with Crippen LogP contribution in [0.25, 0.3) is 5.65 Å². The standard InChI is InChI=1S/C11H13N5/c12-3-1-2-4-14-10-8-16-6-5-15-11(16)7-9(10)13/h5-8,14H,2,4,12-13H2. The first kappa shape index (κ1) is 10.2. The van der Waals surface area contributed by atoms with Crippen LogP contribution in [0.4, 0.5) is 11.4 Å². The average Bonchev–Trinajstić information content (AvgIpc) is 2.71. The third-order valence-corrected chi connectivity index (χ3v) is 2.23. The molecule has 0 radical (unpaired) electrons. The zero-order chi connectivity index (χ0) is 11.4. The number of fused-ring (bicyclic) bond motifs is 1. The Balaban J connectivity index is 2.15. The summed E-state index contributed by atoms with van der Waals surface area (Å²) in [6, 6.07) is 4.19. The molecule has 5 heteroatoms. The summed E-state index contributed by atoms with van der Waals surface area (Å²) in [5.74, 6) is 2.78. The largest absolute Gasteiger partial charge is 0.397 e. The molecule has 16 heavy (non-hydrogen) atoms. The molecule has 2 heterocycles. The van der Waals surface area contributed by atoms with Crippen molar-refractivity contribution in [3.8, 4) is 12.0 Å². The van der Waals surface area contributed by atoms with E-state index in [9.17, 15) is 0 Å². The number of anilines is 2. The van der Waals surface area contributed by atoms with Crippen LogP contribution in [-0.2, 0) is 0 Å². The summed E-state index contributed by atoms with van der Waals surface area (Å²) in [5, 5.41) is 3.20. The fraction of sp³-hybridized carbons (Fsp3) is 0.182. The smallest absolute Gasteiger partial charge is 0.138 e. The van der Waals surface area contributed by atoms with Crippen LogP contribution in [0.5, 0.6) is 0 Å². The minimum Gasteiger partial charge on any atom is -0.397 e. The summed E-state index contributed by atoms with van der Waals surface area (Å²) >= 11 is 0. The van der Waals surface area contributed by atoms with Crippen LogP contribution in [0.3, 0.4) is 0 Å². The third-order valence-electron chi connectivity index (χ3n) is 2.23. The molecule has 82 valence electrons. The normalized spacial score (nSPS) is 9.75. The van der Waals surface area contributed by atoms with Gasteiger partial charge in [0, 0.05) is 43.7 Å². The van der Waals surface area contributed by atoms with E-state index < -0.39 is 0 Å². The molecule has 0 bridgehead atoms. The van der Waals surface area contributed by atoms with Gasteiger partial charge < -0.3 is 21.2 Å². The van der Waals surface area contributed by atoms with E-state index in [4.69, 9.17) is 11.5 Å². The number of nitrogens with two attached hydrogens (primary N) is 2. The van der Waals surface area contributed by atoms with Crippen molar-refractivity contribution in [2.24, 2.45) is 5.73 Å². The van der Waals surface area contributed by atoms with Crippen molar-refractivity contribution in [3.63, 3.8) is 0 Å². The molecule has 0 aliphatic carbocycles. The Morgan fingerprint density at radius 3 is 3.19 bits per heavy atom. The summed E-state index contributed by atoms with van der Waals surface area (Å²) in [5.41, 5.74) is 13.4. The number of aromatic nitrogens is 2. The van der Waals surface area contributed by atoms with Crippen LogP contribution >= 0.6 is 0 Å². The lowest BCUT2D eigenvalue weighted by Gasteiger charge is -2.08. The zero-order valence-corrected chi connectivity index (χ0v) is 8.77. The number of hydrogen-bond acceptors (Lipinski definition) is 4. The Hall–Kier alpha value is -2.35. The monoisotopic (exact) mass is 215 g/mol. The first-order chi connectivity index (χ1) is 7.81. The van der Waals surface area contributed by atoms with Gasteiger partial charge in [0.15, 0.2) is 0 Å². The highest BCUT2D eigenvalue weighted by Crippen LogP contribution is 2.19. The lowest BCUT2D eigenvalue weighted by molar-refractivity contribution is 1.08. The van der Waals surface area contributed by atoms with Crippen LogP contribution in [0.1, 0.15) is 6.42 Å². The van der Waals surface area contributed by atoms with Gasteiger partial charge in [-0.1, -0.05) is 5.92 Å². The number of imidazole rings is 1. The average molecular weight is 215 g/mol. The second-order valence-electron chi connectivity index (χ2n) is 3.33. The fourth-order valence-corrected chi connectivity index (χ4v) is 1.46. The quantitative estimate of drug-likeness (QED) is 0.398. The van der Waals surface area contributed by atoms with E-state index in [1.165, 1.54) is 0 Å². The van der Waals surface area contributed by atoms with Crippen molar-refractivity contribution >= 4 is 17.0 Å². The van der Waals surface area contributed by atoms with E-state index in [0.717, 1.165) is 11.3 Å². The summed E-state index contributed by atoms with van der Waals surface area (Å²) in [6.45, 7) is 0.717. The second kappa shape index (κ2) is 4.45. The van der Waals surface area contributed by atoms with Gasteiger partial charge in [-0.3, -0.25) is 0 Å². The second-order valence-corrected chi connectivity index (χ2v) is 3.33. The molecule has 5 N–H and O–H groups in total. The Morgan fingerprint density at radius 2 is 2.38 bits per heavy atom. The molecule has 2 rings (SSSR count). The third kappa shape index (κ3) is 2.01. The van der Waals surface area contributed by atoms with E-state index >= 15 is 0 Å². The first-order valence-electron chi connectivity index (χ1n) is 4.96. The van der Waals surface area contributed by atoms with Crippen molar-refractivity contribution in [2.45, 2.75) is 6.42 Å². The SMILES string of the molecule is NC#CCCNc1cn2ccnc2cc1N. The van der Waals surface area contributed by atoms with Crippen LogP contribution in [-0.4, -0.2) is 15.9 Å². The van der Waals surface area contributed by atoms with Crippen LogP contribution < -0.4 is 16.8 Å². The lowest BCUT2D eigenvalue weighted by atomic mass is 10.3. The molecule has 0 saturated carbocycles. The maximum Gasteiger partial charge on any atom is 0.138 e. The Labute approximate surface area is 93.5 Å². The van der Waals surface area contributed by atoms with Crippen LogP contribution in [0.2, 0.25) is 0 Å². The minimum absolute atomic E-state index is 0.680. The Bertz CT molecular complexity index is 546. The number of rotatable bonds is 3.